The first-order valence-electron chi connectivity index (χ1n) is 5.76. The fourth-order valence-electron chi connectivity index (χ4n) is 2.16. The van der Waals surface area contributed by atoms with E-state index in [4.69, 9.17) is 23.2 Å². The summed E-state index contributed by atoms with van der Waals surface area (Å²) in [6.45, 7) is 5.09. The fourth-order valence-corrected chi connectivity index (χ4v) is 2.81. The summed E-state index contributed by atoms with van der Waals surface area (Å²) in [6, 6.07) is 6.26. The Morgan fingerprint density at radius 1 is 1.44 bits per heavy atom. The molecule has 1 aromatic carbocycles. The number of piperidine rings is 1. The second kappa shape index (κ2) is 5.39. The van der Waals surface area contributed by atoms with E-state index in [2.05, 4.69) is 24.0 Å². The molecule has 1 nitrogen and oxygen atoms in total. The number of hydrogen-bond acceptors (Lipinski definition) is 1. The van der Waals surface area contributed by atoms with Gasteiger partial charge in [0.2, 0.25) is 0 Å². The minimum atomic E-state index is 0.304. The molecule has 0 amide bonds. The maximum Gasteiger partial charge on any atom is 0.0463 e. The van der Waals surface area contributed by atoms with Crippen LogP contribution in [0.25, 0.3) is 0 Å². The molecule has 0 aromatic heterocycles. The average Bonchev–Trinajstić information content (AvgIpc) is 2.22. The number of alkyl halides is 1. The Morgan fingerprint density at radius 2 is 2.25 bits per heavy atom. The number of likely N-dealkylation sites (tertiary alicyclic amines) is 1. The van der Waals surface area contributed by atoms with Gasteiger partial charge in [0.1, 0.15) is 0 Å². The lowest BCUT2D eigenvalue weighted by atomic mass is 10.1. The molecule has 1 unspecified atom stereocenters. The van der Waals surface area contributed by atoms with Crippen LogP contribution in [0.5, 0.6) is 0 Å². The molecule has 88 valence electrons. The van der Waals surface area contributed by atoms with E-state index in [0.717, 1.165) is 31.1 Å². The molecule has 1 heterocycles. The van der Waals surface area contributed by atoms with Gasteiger partial charge in [0, 0.05) is 23.5 Å². The Hall–Kier alpha value is -0.240. The minimum Gasteiger partial charge on any atom is -0.298 e. The number of benzene rings is 1. The van der Waals surface area contributed by atoms with Gasteiger partial charge in [-0.25, -0.2) is 0 Å². The van der Waals surface area contributed by atoms with Crippen molar-refractivity contribution in [3.8, 4) is 0 Å². The topological polar surface area (TPSA) is 3.24 Å². The first kappa shape index (κ1) is 12.2. The molecule has 3 heteroatoms. The Bertz CT molecular complexity index is 365. The molecule has 0 radical (unpaired) electrons. The van der Waals surface area contributed by atoms with E-state index in [0.29, 0.717) is 5.38 Å². The van der Waals surface area contributed by atoms with Gasteiger partial charge in [-0.05, 0) is 43.5 Å². The van der Waals surface area contributed by atoms with E-state index in [9.17, 15) is 0 Å². The van der Waals surface area contributed by atoms with Crippen LogP contribution in [0.1, 0.15) is 24.0 Å². The van der Waals surface area contributed by atoms with Crippen molar-refractivity contribution in [1.29, 1.82) is 0 Å². The first-order valence-corrected chi connectivity index (χ1v) is 6.58. The van der Waals surface area contributed by atoms with E-state index < -0.39 is 0 Å². The standard InChI is InChI=1S/C13H17Cl2N/c1-10-4-5-11(13(15)7-10)8-16-6-2-3-12(14)9-16/h4-5,7,12H,2-3,6,8-9H2,1H3. The molecule has 1 aliphatic heterocycles. The number of hydrogen-bond donors (Lipinski definition) is 0. The molecule has 1 fully saturated rings. The third kappa shape index (κ3) is 3.13. The number of aryl methyl sites for hydroxylation is 1. The van der Waals surface area contributed by atoms with E-state index in [1.807, 2.05) is 6.07 Å². The SMILES string of the molecule is Cc1ccc(CN2CCCC(Cl)C2)c(Cl)c1. The van der Waals surface area contributed by atoms with E-state index >= 15 is 0 Å². The lowest BCUT2D eigenvalue weighted by Crippen LogP contribution is -2.35. The molecule has 16 heavy (non-hydrogen) atoms. The minimum absolute atomic E-state index is 0.304. The molecule has 2 rings (SSSR count). The normalized spacial score (nSPS) is 22.3. The van der Waals surface area contributed by atoms with Crippen molar-refractivity contribution >= 4 is 23.2 Å². The number of halogens is 2. The van der Waals surface area contributed by atoms with Crippen molar-refractivity contribution in [2.45, 2.75) is 31.7 Å². The maximum atomic E-state index is 6.23. The van der Waals surface area contributed by atoms with Crippen molar-refractivity contribution in [3.05, 3.63) is 34.3 Å². The molecule has 0 N–H and O–H groups in total. The van der Waals surface area contributed by atoms with Crippen molar-refractivity contribution in [3.63, 3.8) is 0 Å². The molecule has 1 aromatic rings. The van der Waals surface area contributed by atoms with Crippen LogP contribution in [0, 0.1) is 6.92 Å². The Morgan fingerprint density at radius 3 is 2.94 bits per heavy atom. The van der Waals surface area contributed by atoms with Gasteiger partial charge in [-0.15, -0.1) is 11.6 Å². The zero-order valence-corrected chi connectivity index (χ0v) is 11.1. The summed E-state index contributed by atoms with van der Waals surface area (Å²) in [4.78, 5) is 2.39. The highest BCUT2D eigenvalue weighted by Gasteiger charge is 2.18. The molecule has 1 aliphatic rings. The van der Waals surface area contributed by atoms with Crippen LogP contribution in [0.3, 0.4) is 0 Å². The van der Waals surface area contributed by atoms with Crippen LogP contribution >= 0.6 is 23.2 Å². The van der Waals surface area contributed by atoms with E-state index in [-0.39, 0.29) is 0 Å². The van der Waals surface area contributed by atoms with Gasteiger partial charge in [0.15, 0.2) is 0 Å². The predicted molar refractivity (Wildman–Crippen MR) is 70.3 cm³/mol. The van der Waals surface area contributed by atoms with Gasteiger partial charge in [-0.3, -0.25) is 4.90 Å². The lowest BCUT2D eigenvalue weighted by molar-refractivity contribution is 0.224. The van der Waals surface area contributed by atoms with Gasteiger partial charge in [-0.2, -0.15) is 0 Å². The zero-order valence-electron chi connectivity index (χ0n) is 9.55. The van der Waals surface area contributed by atoms with Crippen LogP contribution in [-0.2, 0) is 6.54 Å². The highest BCUT2D eigenvalue weighted by molar-refractivity contribution is 6.31. The molecule has 1 atom stereocenters. The van der Waals surface area contributed by atoms with Gasteiger partial charge in [0.25, 0.3) is 0 Å². The van der Waals surface area contributed by atoms with Gasteiger partial charge < -0.3 is 0 Å². The molecule has 0 aliphatic carbocycles. The molecule has 0 spiro atoms. The van der Waals surface area contributed by atoms with Crippen LogP contribution < -0.4 is 0 Å². The zero-order chi connectivity index (χ0) is 11.5. The summed E-state index contributed by atoms with van der Waals surface area (Å²) in [5, 5.41) is 1.18. The van der Waals surface area contributed by atoms with Crippen LogP contribution in [0.2, 0.25) is 5.02 Å². The van der Waals surface area contributed by atoms with Crippen molar-refractivity contribution in [2.24, 2.45) is 0 Å². The third-order valence-electron chi connectivity index (χ3n) is 3.05. The predicted octanol–water partition coefficient (Wildman–Crippen LogP) is 3.85. The number of rotatable bonds is 2. The Balaban J connectivity index is 2.02. The van der Waals surface area contributed by atoms with Crippen molar-refractivity contribution in [1.82, 2.24) is 4.90 Å². The summed E-state index contributed by atoms with van der Waals surface area (Å²) >= 11 is 12.4. The van der Waals surface area contributed by atoms with Crippen LogP contribution in [-0.4, -0.2) is 23.4 Å². The largest absolute Gasteiger partial charge is 0.298 e. The monoisotopic (exact) mass is 257 g/mol. The average molecular weight is 258 g/mol. The molecular weight excluding hydrogens is 241 g/mol. The second-order valence-electron chi connectivity index (χ2n) is 4.57. The number of nitrogens with zero attached hydrogens (tertiary/aromatic N) is 1. The van der Waals surface area contributed by atoms with Crippen LogP contribution in [0.15, 0.2) is 18.2 Å². The van der Waals surface area contributed by atoms with E-state index in [1.54, 1.807) is 0 Å². The highest BCUT2D eigenvalue weighted by Crippen LogP contribution is 2.22. The van der Waals surface area contributed by atoms with Gasteiger partial charge in [-0.1, -0.05) is 23.7 Å². The summed E-state index contributed by atoms with van der Waals surface area (Å²) in [5.41, 5.74) is 2.42. The molecular formula is C13H17Cl2N. The summed E-state index contributed by atoms with van der Waals surface area (Å²) < 4.78 is 0. The second-order valence-corrected chi connectivity index (χ2v) is 5.59. The third-order valence-corrected chi connectivity index (χ3v) is 3.76. The van der Waals surface area contributed by atoms with Crippen molar-refractivity contribution in [2.75, 3.05) is 13.1 Å². The summed E-state index contributed by atoms with van der Waals surface area (Å²) in [7, 11) is 0. The van der Waals surface area contributed by atoms with Crippen LogP contribution in [0.4, 0.5) is 0 Å². The lowest BCUT2D eigenvalue weighted by Gasteiger charge is -2.29. The molecule has 0 bridgehead atoms. The first-order chi connectivity index (χ1) is 7.65. The fraction of sp³-hybridized carbons (Fsp3) is 0.538. The van der Waals surface area contributed by atoms with E-state index in [1.165, 1.54) is 17.5 Å². The van der Waals surface area contributed by atoms with Gasteiger partial charge >= 0.3 is 0 Å². The summed E-state index contributed by atoms with van der Waals surface area (Å²) in [5.74, 6) is 0. The maximum absolute atomic E-state index is 6.23. The van der Waals surface area contributed by atoms with Gasteiger partial charge in [0.05, 0.1) is 0 Å². The van der Waals surface area contributed by atoms with Crippen molar-refractivity contribution < 1.29 is 0 Å². The quantitative estimate of drug-likeness (QED) is 0.728. The molecule has 1 saturated heterocycles. The Kier molecular flexibility index (Phi) is 4.12. The molecule has 0 saturated carbocycles. The summed E-state index contributed by atoms with van der Waals surface area (Å²) in [6.07, 6.45) is 2.33. The Labute approximate surface area is 107 Å². The smallest absolute Gasteiger partial charge is 0.0463 e. The highest BCUT2D eigenvalue weighted by atomic mass is 35.5.